The highest BCUT2D eigenvalue weighted by molar-refractivity contribution is 5.93. The third-order valence-corrected chi connectivity index (χ3v) is 2.77. The standard InChI is InChI=1S/C12H16O3/c1-4-7(2)9-6-5-8(3)10(11(9)13)12(14)15/h5-7,13H,4H2,1-3H3,(H,14,15). The van der Waals surface area contributed by atoms with E-state index in [9.17, 15) is 9.90 Å². The Kier molecular flexibility index (Phi) is 3.35. The van der Waals surface area contributed by atoms with Gasteiger partial charge in [0.15, 0.2) is 0 Å². The van der Waals surface area contributed by atoms with Crippen molar-refractivity contribution in [1.82, 2.24) is 0 Å². The van der Waals surface area contributed by atoms with Gasteiger partial charge in [0.25, 0.3) is 0 Å². The van der Waals surface area contributed by atoms with Crippen LogP contribution < -0.4 is 0 Å². The van der Waals surface area contributed by atoms with Gasteiger partial charge in [0, 0.05) is 0 Å². The van der Waals surface area contributed by atoms with Gasteiger partial charge >= 0.3 is 5.97 Å². The van der Waals surface area contributed by atoms with Crippen LogP contribution in [-0.2, 0) is 0 Å². The lowest BCUT2D eigenvalue weighted by Gasteiger charge is -2.14. The second-order valence-corrected chi connectivity index (χ2v) is 3.81. The van der Waals surface area contributed by atoms with E-state index < -0.39 is 5.97 Å². The predicted octanol–water partition coefficient (Wildman–Crippen LogP) is 2.91. The van der Waals surface area contributed by atoms with E-state index in [1.165, 1.54) is 0 Å². The Morgan fingerprint density at radius 3 is 2.53 bits per heavy atom. The van der Waals surface area contributed by atoms with E-state index in [4.69, 9.17) is 5.11 Å². The number of carboxylic acid groups (broad SMARTS) is 1. The minimum absolute atomic E-state index is 0.0211. The third-order valence-electron chi connectivity index (χ3n) is 2.77. The molecule has 0 spiro atoms. The largest absolute Gasteiger partial charge is 0.507 e. The Labute approximate surface area is 89.4 Å². The number of carboxylic acids is 1. The quantitative estimate of drug-likeness (QED) is 0.803. The lowest BCUT2D eigenvalue weighted by atomic mass is 9.93. The molecule has 1 unspecified atom stereocenters. The van der Waals surface area contributed by atoms with Crippen LogP contribution in [0.25, 0.3) is 0 Å². The molecule has 2 N–H and O–H groups in total. The molecule has 0 saturated heterocycles. The lowest BCUT2D eigenvalue weighted by Crippen LogP contribution is -2.03. The second kappa shape index (κ2) is 4.34. The summed E-state index contributed by atoms with van der Waals surface area (Å²) in [6, 6.07) is 3.54. The van der Waals surface area contributed by atoms with E-state index in [2.05, 4.69) is 0 Å². The minimum Gasteiger partial charge on any atom is -0.507 e. The van der Waals surface area contributed by atoms with Crippen LogP contribution in [0.1, 0.15) is 47.7 Å². The first kappa shape index (κ1) is 11.6. The molecule has 1 aromatic carbocycles. The number of hydrogen-bond donors (Lipinski definition) is 2. The minimum atomic E-state index is -1.07. The normalized spacial score (nSPS) is 12.5. The number of benzene rings is 1. The van der Waals surface area contributed by atoms with Crippen molar-refractivity contribution in [3.8, 4) is 5.75 Å². The van der Waals surface area contributed by atoms with Gasteiger partial charge in [-0.3, -0.25) is 0 Å². The van der Waals surface area contributed by atoms with Crippen LogP contribution in [0.3, 0.4) is 0 Å². The molecule has 0 aliphatic rings. The summed E-state index contributed by atoms with van der Waals surface area (Å²) in [7, 11) is 0. The molecule has 0 amide bonds. The van der Waals surface area contributed by atoms with Gasteiger partial charge in [-0.1, -0.05) is 26.0 Å². The van der Waals surface area contributed by atoms with Crippen molar-refractivity contribution < 1.29 is 15.0 Å². The zero-order chi connectivity index (χ0) is 11.6. The molecule has 1 aromatic rings. The fraction of sp³-hybridized carbons (Fsp3) is 0.417. The molecule has 0 aliphatic heterocycles. The maximum absolute atomic E-state index is 10.9. The highest BCUT2D eigenvalue weighted by atomic mass is 16.4. The van der Waals surface area contributed by atoms with Crippen molar-refractivity contribution in [3.63, 3.8) is 0 Å². The Balaban J connectivity index is 3.34. The molecule has 3 nitrogen and oxygen atoms in total. The average molecular weight is 208 g/mol. The number of hydrogen-bond acceptors (Lipinski definition) is 2. The van der Waals surface area contributed by atoms with Gasteiger partial charge in [0.2, 0.25) is 0 Å². The molecule has 0 radical (unpaired) electrons. The van der Waals surface area contributed by atoms with Gasteiger partial charge in [0.1, 0.15) is 11.3 Å². The number of phenols is 1. The molecule has 0 fully saturated rings. The lowest BCUT2D eigenvalue weighted by molar-refractivity contribution is 0.0692. The van der Waals surface area contributed by atoms with Gasteiger partial charge in [-0.2, -0.15) is 0 Å². The molecule has 15 heavy (non-hydrogen) atoms. The van der Waals surface area contributed by atoms with Crippen LogP contribution in [0.15, 0.2) is 12.1 Å². The van der Waals surface area contributed by atoms with Crippen LogP contribution in [0.2, 0.25) is 0 Å². The van der Waals surface area contributed by atoms with Gasteiger partial charge in [-0.15, -0.1) is 0 Å². The van der Waals surface area contributed by atoms with Crippen LogP contribution in [-0.4, -0.2) is 16.2 Å². The highest BCUT2D eigenvalue weighted by Crippen LogP contribution is 2.32. The summed E-state index contributed by atoms with van der Waals surface area (Å²) < 4.78 is 0. The van der Waals surface area contributed by atoms with Crippen molar-refractivity contribution in [2.24, 2.45) is 0 Å². The van der Waals surface area contributed by atoms with E-state index in [-0.39, 0.29) is 17.2 Å². The number of rotatable bonds is 3. The van der Waals surface area contributed by atoms with Crippen molar-refractivity contribution in [2.45, 2.75) is 33.1 Å². The first-order chi connectivity index (χ1) is 6.99. The van der Waals surface area contributed by atoms with E-state index in [1.54, 1.807) is 19.1 Å². The summed E-state index contributed by atoms with van der Waals surface area (Å²) in [5.41, 5.74) is 1.32. The van der Waals surface area contributed by atoms with Crippen LogP contribution in [0.4, 0.5) is 0 Å². The van der Waals surface area contributed by atoms with Crippen molar-refractivity contribution in [3.05, 3.63) is 28.8 Å². The first-order valence-corrected chi connectivity index (χ1v) is 5.04. The van der Waals surface area contributed by atoms with Crippen LogP contribution in [0, 0.1) is 6.92 Å². The number of aromatic hydroxyl groups is 1. The van der Waals surface area contributed by atoms with Crippen molar-refractivity contribution in [1.29, 1.82) is 0 Å². The number of aryl methyl sites for hydroxylation is 1. The van der Waals surface area contributed by atoms with Crippen LogP contribution in [0.5, 0.6) is 5.75 Å². The fourth-order valence-corrected chi connectivity index (χ4v) is 1.60. The monoisotopic (exact) mass is 208 g/mol. The van der Waals surface area contributed by atoms with Gasteiger partial charge in [-0.25, -0.2) is 4.79 Å². The predicted molar refractivity (Wildman–Crippen MR) is 58.5 cm³/mol. The van der Waals surface area contributed by atoms with Gasteiger partial charge < -0.3 is 10.2 Å². The second-order valence-electron chi connectivity index (χ2n) is 3.81. The molecule has 0 aromatic heterocycles. The zero-order valence-electron chi connectivity index (χ0n) is 9.24. The topological polar surface area (TPSA) is 57.5 Å². The summed E-state index contributed by atoms with van der Waals surface area (Å²) in [5, 5.41) is 18.8. The van der Waals surface area contributed by atoms with Crippen LogP contribution >= 0.6 is 0 Å². The van der Waals surface area contributed by atoms with Crippen molar-refractivity contribution in [2.75, 3.05) is 0 Å². The van der Waals surface area contributed by atoms with E-state index in [0.29, 0.717) is 11.1 Å². The number of aromatic carboxylic acids is 1. The zero-order valence-corrected chi connectivity index (χ0v) is 9.24. The molecular formula is C12H16O3. The third kappa shape index (κ3) is 2.12. The van der Waals surface area contributed by atoms with Crippen molar-refractivity contribution >= 4 is 5.97 Å². The molecule has 3 heteroatoms. The maximum Gasteiger partial charge on any atom is 0.339 e. The Bertz CT molecular complexity index is 383. The first-order valence-electron chi connectivity index (χ1n) is 5.04. The molecule has 1 atom stereocenters. The molecule has 1 rings (SSSR count). The molecule has 0 saturated carbocycles. The SMILES string of the molecule is CCC(C)c1ccc(C)c(C(=O)O)c1O. The summed E-state index contributed by atoms with van der Waals surface area (Å²) in [5.74, 6) is -0.990. The fourth-order valence-electron chi connectivity index (χ4n) is 1.60. The molecular weight excluding hydrogens is 192 g/mol. The average Bonchev–Trinajstić information content (AvgIpc) is 2.16. The Morgan fingerprint density at radius 2 is 2.07 bits per heavy atom. The smallest absolute Gasteiger partial charge is 0.339 e. The van der Waals surface area contributed by atoms with E-state index >= 15 is 0 Å². The van der Waals surface area contributed by atoms with E-state index in [1.807, 2.05) is 13.8 Å². The summed E-state index contributed by atoms with van der Waals surface area (Å²) in [4.78, 5) is 10.9. The van der Waals surface area contributed by atoms with Gasteiger partial charge in [-0.05, 0) is 30.4 Å². The Hall–Kier alpha value is -1.51. The molecule has 82 valence electrons. The summed E-state index contributed by atoms with van der Waals surface area (Å²) in [6.45, 7) is 5.66. The number of carbonyl (C=O) groups is 1. The summed E-state index contributed by atoms with van der Waals surface area (Å²) >= 11 is 0. The molecule has 0 heterocycles. The Morgan fingerprint density at radius 1 is 1.47 bits per heavy atom. The van der Waals surface area contributed by atoms with E-state index in [0.717, 1.165) is 6.42 Å². The maximum atomic E-state index is 10.9. The van der Waals surface area contributed by atoms with Gasteiger partial charge in [0.05, 0.1) is 0 Å². The molecule has 0 bridgehead atoms. The molecule has 0 aliphatic carbocycles. The summed E-state index contributed by atoms with van der Waals surface area (Å²) in [6.07, 6.45) is 0.871. The highest BCUT2D eigenvalue weighted by Gasteiger charge is 2.18.